The van der Waals surface area contributed by atoms with Crippen LogP contribution >= 0.6 is 0 Å². The van der Waals surface area contributed by atoms with Gasteiger partial charge in [0.2, 0.25) is 0 Å². The molecule has 0 aromatic heterocycles. The van der Waals surface area contributed by atoms with Gasteiger partial charge in [0.05, 0.1) is 0 Å². The van der Waals surface area contributed by atoms with E-state index in [0.29, 0.717) is 21.9 Å². The quantitative estimate of drug-likeness (QED) is 0.505. The van der Waals surface area contributed by atoms with E-state index in [1.54, 1.807) is 0 Å². The number of hydrogen-bond donors (Lipinski definition) is 0. The summed E-state index contributed by atoms with van der Waals surface area (Å²) in [6.07, 6.45) is 8.22. The van der Waals surface area contributed by atoms with Gasteiger partial charge in [-0.25, -0.2) is 0 Å². The molecule has 2 fully saturated rings. The molecule has 2 aliphatic rings. The minimum Gasteiger partial charge on any atom is -0.298 e. The van der Waals surface area contributed by atoms with Gasteiger partial charge in [-0.15, -0.1) is 0 Å². The molecular formula is C26H52N2. The lowest BCUT2D eigenvalue weighted by Gasteiger charge is -2.49. The zero-order valence-corrected chi connectivity index (χ0v) is 21.1. The SMILES string of the molecule is CC(C)(C)C1CCCN(C(C)(C)CCC(C)(C)C2CCN(C(C)(C)C)CC2)C1. The van der Waals surface area contributed by atoms with Gasteiger partial charge in [0.1, 0.15) is 0 Å². The van der Waals surface area contributed by atoms with Crippen molar-refractivity contribution in [3.63, 3.8) is 0 Å². The van der Waals surface area contributed by atoms with Crippen LogP contribution in [0.15, 0.2) is 0 Å². The van der Waals surface area contributed by atoms with Crippen molar-refractivity contribution in [3.8, 4) is 0 Å². The van der Waals surface area contributed by atoms with Crippen LogP contribution in [-0.4, -0.2) is 47.1 Å². The molecule has 0 saturated carbocycles. The van der Waals surface area contributed by atoms with Gasteiger partial charge in [-0.3, -0.25) is 9.80 Å². The summed E-state index contributed by atoms with van der Waals surface area (Å²) in [6, 6.07) is 0. The van der Waals surface area contributed by atoms with E-state index in [4.69, 9.17) is 0 Å². The molecule has 28 heavy (non-hydrogen) atoms. The lowest BCUT2D eigenvalue weighted by Crippen LogP contribution is -2.52. The molecule has 2 aliphatic heterocycles. The van der Waals surface area contributed by atoms with E-state index >= 15 is 0 Å². The number of piperidine rings is 2. The summed E-state index contributed by atoms with van der Waals surface area (Å²) in [7, 11) is 0. The Bertz CT molecular complexity index is 484. The van der Waals surface area contributed by atoms with Crippen molar-refractivity contribution in [3.05, 3.63) is 0 Å². The van der Waals surface area contributed by atoms with Gasteiger partial charge in [0.15, 0.2) is 0 Å². The van der Waals surface area contributed by atoms with Crippen LogP contribution in [0.2, 0.25) is 0 Å². The van der Waals surface area contributed by atoms with Crippen LogP contribution in [0.4, 0.5) is 0 Å². The fourth-order valence-electron chi connectivity index (χ4n) is 5.56. The number of nitrogens with zero attached hydrogens (tertiary/aromatic N) is 2. The Kier molecular flexibility index (Phi) is 7.41. The van der Waals surface area contributed by atoms with Crippen molar-refractivity contribution in [2.45, 2.75) is 119 Å². The van der Waals surface area contributed by atoms with E-state index in [1.807, 2.05) is 0 Å². The van der Waals surface area contributed by atoms with Crippen molar-refractivity contribution < 1.29 is 0 Å². The summed E-state index contributed by atoms with van der Waals surface area (Å²) in [6.45, 7) is 29.7. The molecule has 1 unspecified atom stereocenters. The largest absolute Gasteiger partial charge is 0.298 e. The summed E-state index contributed by atoms with van der Waals surface area (Å²) >= 11 is 0. The summed E-state index contributed by atoms with van der Waals surface area (Å²) in [5.41, 5.74) is 1.55. The lowest BCUT2D eigenvalue weighted by atomic mass is 9.69. The maximum Gasteiger partial charge on any atom is 0.0153 e. The fourth-order valence-corrected chi connectivity index (χ4v) is 5.56. The highest BCUT2D eigenvalue weighted by atomic mass is 15.2. The Morgan fingerprint density at radius 2 is 1.21 bits per heavy atom. The van der Waals surface area contributed by atoms with Crippen LogP contribution in [0.3, 0.4) is 0 Å². The highest BCUT2D eigenvalue weighted by molar-refractivity contribution is 4.93. The average Bonchev–Trinajstić information content (AvgIpc) is 2.59. The van der Waals surface area contributed by atoms with E-state index in [9.17, 15) is 0 Å². The first-order valence-electron chi connectivity index (χ1n) is 12.1. The molecule has 0 aliphatic carbocycles. The highest BCUT2D eigenvalue weighted by Crippen LogP contribution is 2.43. The normalized spacial score (nSPS) is 25.3. The molecule has 166 valence electrons. The van der Waals surface area contributed by atoms with Crippen LogP contribution in [0, 0.1) is 22.7 Å². The minimum absolute atomic E-state index is 0.327. The van der Waals surface area contributed by atoms with Crippen molar-refractivity contribution in [2.24, 2.45) is 22.7 Å². The zero-order chi connectivity index (χ0) is 21.4. The molecule has 2 nitrogen and oxygen atoms in total. The Morgan fingerprint density at radius 3 is 1.71 bits per heavy atom. The van der Waals surface area contributed by atoms with Crippen molar-refractivity contribution in [1.82, 2.24) is 9.80 Å². The minimum atomic E-state index is 0.327. The van der Waals surface area contributed by atoms with Crippen molar-refractivity contribution in [1.29, 1.82) is 0 Å². The van der Waals surface area contributed by atoms with E-state index in [0.717, 1.165) is 11.8 Å². The van der Waals surface area contributed by atoms with Crippen LogP contribution in [0.25, 0.3) is 0 Å². The van der Waals surface area contributed by atoms with Gasteiger partial charge in [-0.1, -0.05) is 34.6 Å². The van der Waals surface area contributed by atoms with Crippen LogP contribution < -0.4 is 0 Å². The van der Waals surface area contributed by atoms with Crippen LogP contribution in [0.1, 0.15) is 108 Å². The topological polar surface area (TPSA) is 6.48 Å². The Morgan fingerprint density at radius 1 is 0.643 bits per heavy atom. The monoisotopic (exact) mass is 392 g/mol. The molecule has 0 N–H and O–H groups in total. The summed E-state index contributed by atoms with van der Waals surface area (Å²) in [5, 5.41) is 0. The number of likely N-dealkylation sites (tertiary alicyclic amines) is 2. The predicted molar refractivity (Wildman–Crippen MR) is 125 cm³/mol. The zero-order valence-electron chi connectivity index (χ0n) is 21.1. The molecule has 2 saturated heterocycles. The van der Waals surface area contributed by atoms with Crippen molar-refractivity contribution in [2.75, 3.05) is 26.2 Å². The standard InChI is InChI=1S/C26H52N2/c1-23(2,3)22-12-11-17-28(20-22)26(9,10)16-15-25(7,8)21-13-18-27(19-14-21)24(4,5)6/h21-22H,11-20H2,1-10H3. The van der Waals surface area contributed by atoms with Crippen molar-refractivity contribution >= 4 is 0 Å². The maximum atomic E-state index is 2.82. The van der Waals surface area contributed by atoms with Gasteiger partial charge >= 0.3 is 0 Å². The summed E-state index contributed by atoms with van der Waals surface area (Å²) in [4.78, 5) is 5.51. The van der Waals surface area contributed by atoms with E-state index in [-0.39, 0.29) is 0 Å². The van der Waals surface area contributed by atoms with Crippen LogP contribution in [0.5, 0.6) is 0 Å². The molecule has 2 heteroatoms. The van der Waals surface area contributed by atoms with E-state index in [1.165, 1.54) is 64.7 Å². The lowest BCUT2D eigenvalue weighted by molar-refractivity contribution is 0.00711. The average molecular weight is 393 g/mol. The summed E-state index contributed by atoms with van der Waals surface area (Å²) in [5.74, 6) is 1.72. The second-order valence-electron chi connectivity index (χ2n) is 13.4. The predicted octanol–water partition coefficient (Wildman–Crippen LogP) is 6.84. The third-order valence-corrected chi connectivity index (χ3v) is 8.43. The van der Waals surface area contributed by atoms with Gasteiger partial charge in [0.25, 0.3) is 0 Å². The smallest absolute Gasteiger partial charge is 0.0153 e. The van der Waals surface area contributed by atoms with Gasteiger partial charge < -0.3 is 0 Å². The molecule has 0 aromatic carbocycles. The molecular weight excluding hydrogens is 340 g/mol. The maximum absolute atomic E-state index is 2.82. The summed E-state index contributed by atoms with van der Waals surface area (Å²) < 4.78 is 0. The molecule has 0 spiro atoms. The van der Waals surface area contributed by atoms with E-state index < -0.39 is 0 Å². The second kappa shape index (κ2) is 8.58. The molecule has 0 bridgehead atoms. The highest BCUT2D eigenvalue weighted by Gasteiger charge is 2.39. The first-order valence-corrected chi connectivity index (χ1v) is 12.1. The van der Waals surface area contributed by atoms with Gasteiger partial charge in [-0.05, 0) is 115 Å². The molecule has 2 heterocycles. The third kappa shape index (κ3) is 6.21. The van der Waals surface area contributed by atoms with Gasteiger partial charge in [0, 0.05) is 17.6 Å². The Labute approximate surface area is 177 Å². The first-order chi connectivity index (χ1) is 12.6. The Hall–Kier alpha value is -0.0800. The molecule has 0 radical (unpaired) electrons. The number of hydrogen-bond acceptors (Lipinski definition) is 2. The molecule has 2 rings (SSSR count). The second-order valence-corrected chi connectivity index (χ2v) is 13.4. The molecule has 0 amide bonds. The van der Waals surface area contributed by atoms with Gasteiger partial charge in [-0.2, -0.15) is 0 Å². The number of rotatable bonds is 5. The molecule has 1 atom stereocenters. The fraction of sp³-hybridized carbons (Fsp3) is 1.00. The first kappa shape index (κ1) is 24.2. The molecule has 0 aromatic rings. The third-order valence-electron chi connectivity index (χ3n) is 8.43. The van der Waals surface area contributed by atoms with E-state index in [2.05, 4.69) is 79.0 Å². The van der Waals surface area contributed by atoms with Crippen LogP contribution in [-0.2, 0) is 0 Å². The Balaban J connectivity index is 1.90.